The Morgan fingerprint density at radius 2 is 1.63 bits per heavy atom. The number of hydrogen-bond acceptors (Lipinski definition) is 6. The standard InChI is InChI=1S/C32H28N4O2S3/c1-21-14-16-24(17-15-21)33-31(39)34-25-11-7-13-27(19-25)41-29(22-8-4-3-5-9-22)30(37)36-32-35-28(20-40-32)23-10-6-12-26(18-23)38-2/h3-20,29H,1-2H3,(H2,33,34,39)(H,35,36,37). The van der Waals surface area contributed by atoms with Crippen LogP contribution < -0.4 is 20.7 Å². The summed E-state index contributed by atoms with van der Waals surface area (Å²) in [5, 5.41) is 11.9. The first-order chi connectivity index (χ1) is 20.0. The zero-order valence-electron chi connectivity index (χ0n) is 22.5. The number of carbonyl (C=O) groups excluding carboxylic acids is 1. The van der Waals surface area contributed by atoms with Crippen molar-refractivity contribution in [3.05, 3.63) is 120 Å². The molecule has 0 radical (unpaired) electrons. The molecule has 0 saturated carbocycles. The Hall–Kier alpha value is -4.18. The summed E-state index contributed by atoms with van der Waals surface area (Å²) in [5.74, 6) is 0.604. The number of nitrogens with zero attached hydrogens (tertiary/aromatic N) is 1. The van der Waals surface area contributed by atoms with Gasteiger partial charge in [0, 0.05) is 27.2 Å². The highest BCUT2D eigenvalue weighted by molar-refractivity contribution is 8.00. The molecule has 3 N–H and O–H groups in total. The molecule has 0 spiro atoms. The molecule has 5 rings (SSSR count). The molecule has 1 aromatic heterocycles. The van der Waals surface area contributed by atoms with Crippen LogP contribution in [0.25, 0.3) is 11.3 Å². The molecule has 1 amide bonds. The maximum atomic E-state index is 13.6. The lowest BCUT2D eigenvalue weighted by molar-refractivity contribution is -0.115. The first-order valence-electron chi connectivity index (χ1n) is 12.8. The Bertz CT molecular complexity index is 1640. The van der Waals surface area contributed by atoms with Crippen molar-refractivity contribution in [1.82, 2.24) is 4.98 Å². The van der Waals surface area contributed by atoms with Gasteiger partial charge in [0.05, 0.1) is 12.8 Å². The molecule has 4 aromatic carbocycles. The van der Waals surface area contributed by atoms with E-state index in [2.05, 4.69) is 20.9 Å². The number of hydrogen-bond donors (Lipinski definition) is 3. The third kappa shape index (κ3) is 7.73. The van der Waals surface area contributed by atoms with Gasteiger partial charge in [-0.15, -0.1) is 23.1 Å². The largest absolute Gasteiger partial charge is 0.497 e. The number of rotatable bonds is 9. The quantitative estimate of drug-likeness (QED) is 0.117. The van der Waals surface area contributed by atoms with Crippen molar-refractivity contribution in [1.29, 1.82) is 0 Å². The van der Waals surface area contributed by atoms with Gasteiger partial charge in [0.25, 0.3) is 0 Å². The number of thiazole rings is 1. The van der Waals surface area contributed by atoms with Gasteiger partial charge >= 0.3 is 0 Å². The molecule has 0 fully saturated rings. The van der Waals surface area contributed by atoms with Crippen LogP contribution in [0.3, 0.4) is 0 Å². The maximum Gasteiger partial charge on any atom is 0.244 e. The molecular formula is C32H28N4O2S3. The van der Waals surface area contributed by atoms with E-state index in [1.165, 1.54) is 28.7 Å². The van der Waals surface area contributed by atoms with Crippen molar-refractivity contribution in [3.63, 3.8) is 0 Å². The number of carbonyl (C=O) groups is 1. The summed E-state index contributed by atoms with van der Waals surface area (Å²) in [6, 6.07) is 33.3. The fourth-order valence-corrected chi connectivity index (χ4v) is 6.07. The first-order valence-corrected chi connectivity index (χ1v) is 15.0. The van der Waals surface area contributed by atoms with Gasteiger partial charge in [0.2, 0.25) is 5.91 Å². The maximum absolute atomic E-state index is 13.6. The highest BCUT2D eigenvalue weighted by Crippen LogP contribution is 2.38. The predicted octanol–water partition coefficient (Wildman–Crippen LogP) is 8.41. The lowest BCUT2D eigenvalue weighted by Crippen LogP contribution is -2.19. The Morgan fingerprint density at radius 3 is 2.41 bits per heavy atom. The van der Waals surface area contributed by atoms with Crippen LogP contribution >= 0.6 is 35.3 Å². The Balaban J connectivity index is 1.30. The monoisotopic (exact) mass is 596 g/mol. The number of anilines is 3. The first kappa shape index (κ1) is 28.4. The molecule has 206 valence electrons. The second kappa shape index (κ2) is 13.5. The van der Waals surface area contributed by atoms with E-state index >= 15 is 0 Å². The van der Waals surface area contributed by atoms with E-state index in [1.807, 2.05) is 115 Å². The van der Waals surface area contributed by atoms with Gasteiger partial charge in [-0.1, -0.05) is 66.2 Å². The summed E-state index contributed by atoms with van der Waals surface area (Å²) < 4.78 is 5.33. The predicted molar refractivity (Wildman–Crippen MR) is 175 cm³/mol. The van der Waals surface area contributed by atoms with Crippen LogP contribution in [0, 0.1) is 6.92 Å². The second-order valence-corrected chi connectivity index (χ2v) is 11.6. The van der Waals surface area contributed by atoms with Crippen LogP contribution in [-0.4, -0.2) is 23.1 Å². The SMILES string of the molecule is COc1cccc(-c2csc(NC(=O)C(Sc3cccc(NC(=S)Nc4ccc(C)cc4)c3)c3ccccc3)n2)c1. The van der Waals surface area contributed by atoms with Crippen molar-refractivity contribution in [2.45, 2.75) is 17.1 Å². The molecule has 41 heavy (non-hydrogen) atoms. The van der Waals surface area contributed by atoms with E-state index in [4.69, 9.17) is 17.0 Å². The number of amides is 1. The lowest BCUT2D eigenvalue weighted by atomic mass is 10.1. The summed E-state index contributed by atoms with van der Waals surface area (Å²) in [6.45, 7) is 2.04. The number of aromatic nitrogens is 1. The van der Waals surface area contributed by atoms with Crippen LogP contribution in [0.5, 0.6) is 5.75 Å². The molecule has 1 heterocycles. The van der Waals surface area contributed by atoms with Crippen LogP contribution in [0.4, 0.5) is 16.5 Å². The van der Waals surface area contributed by atoms with Gasteiger partial charge in [-0.3, -0.25) is 4.79 Å². The minimum Gasteiger partial charge on any atom is -0.497 e. The van der Waals surface area contributed by atoms with Gasteiger partial charge in [-0.2, -0.15) is 0 Å². The smallest absolute Gasteiger partial charge is 0.244 e. The number of nitrogens with one attached hydrogen (secondary N) is 3. The molecule has 0 aliphatic rings. The molecule has 5 aromatic rings. The van der Waals surface area contributed by atoms with Crippen molar-refractivity contribution in [3.8, 4) is 17.0 Å². The number of thiocarbonyl (C=S) groups is 1. The number of ether oxygens (including phenoxy) is 1. The van der Waals surface area contributed by atoms with Crippen LogP contribution in [0.2, 0.25) is 0 Å². The van der Waals surface area contributed by atoms with E-state index < -0.39 is 5.25 Å². The zero-order chi connectivity index (χ0) is 28.6. The second-order valence-electron chi connectivity index (χ2n) is 9.14. The summed E-state index contributed by atoms with van der Waals surface area (Å²) in [5.41, 5.74) is 5.53. The number of aryl methyl sites for hydroxylation is 1. The Morgan fingerprint density at radius 1 is 0.878 bits per heavy atom. The highest BCUT2D eigenvalue weighted by atomic mass is 32.2. The van der Waals surface area contributed by atoms with Gasteiger partial charge in [0.15, 0.2) is 10.2 Å². The molecule has 1 atom stereocenters. The van der Waals surface area contributed by atoms with E-state index in [1.54, 1.807) is 7.11 Å². The molecule has 6 nitrogen and oxygen atoms in total. The van der Waals surface area contributed by atoms with Crippen molar-refractivity contribution in [2.24, 2.45) is 0 Å². The molecule has 9 heteroatoms. The minimum absolute atomic E-state index is 0.150. The Labute approximate surface area is 253 Å². The molecule has 0 bridgehead atoms. The van der Waals surface area contributed by atoms with Crippen molar-refractivity contribution < 1.29 is 9.53 Å². The fourth-order valence-electron chi connectivity index (χ4n) is 4.03. The highest BCUT2D eigenvalue weighted by Gasteiger charge is 2.23. The molecule has 1 unspecified atom stereocenters. The van der Waals surface area contributed by atoms with Gasteiger partial charge in [-0.05, 0) is 67.2 Å². The fraction of sp³-hybridized carbons (Fsp3) is 0.0938. The van der Waals surface area contributed by atoms with Gasteiger partial charge < -0.3 is 20.7 Å². The molecule has 0 saturated heterocycles. The minimum atomic E-state index is -0.492. The average Bonchev–Trinajstić information content (AvgIpc) is 3.46. The number of benzene rings is 4. The average molecular weight is 597 g/mol. The van der Waals surface area contributed by atoms with E-state index in [0.29, 0.717) is 10.2 Å². The number of methoxy groups -OCH3 is 1. The lowest BCUT2D eigenvalue weighted by Gasteiger charge is -2.17. The molecule has 0 aliphatic carbocycles. The van der Waals surface area contributed by atoms with E-state index in [9.17, 15) is 4.79 Å². The zero-order valence-corrected chi connectivity index (χ0v) is 24.9. The summed E-state index contributed by atoms with van der Waals surface area (Å²) in [4.78, 5) is 19.2. The van der Waals surface area contributed by atoms with Crippen LogP contribution in [-0.2, 0) is 4.79 Å². The van der Waals surface area contributed by atoms with Gasteiger partial charge in [0.1, 0.15) is 11.0 Å². The van der Waals surface area contributed by atoms with Crippen LogP contribution in [0.15, 0.2) is 113 Å². The summed E-state index contributed by atoms with van der Waals surface area (Å²) in [6.07, 6.45) is 0. The molecule has 0 aliphatic heterocycles. The Kier molecular flexibility index (Phi) is 9.30. The number of thioether (sulfide) groups is 1. The van der Waals surface area contributed by atoms with E-state index in [0.717, 1.165) is 38.8 Å². The van der Waals surface area contributed by atoms with Crippen molar-refractivity contribution in [2.75, 3.05) is 23.1 Å². The third-order valence-electron chi connectivity index (χ3n) is 6.10. The van der Waals surface area contributed by atoms with Crippen LogP contribution in [0.1, 0.15) is 16.4 Å². The van der Waals surface area contributed by atoms with Gasteiger partial charge in [-0.25, -0.2) is 4.98 Å². The normalized spacial score (nSPS) is 11.4. The molecular weight excluding hydrogens is 569 g/mol. The van der Waals surface area contributed by atoms with E-state index in [-0.39, 0.29) is 5.91 Å². The topological polar surface area (TPSA) is 75.3 Å². The summed E-state index contributed by atoms with van der Waals surface area (Å²) in [7, 11) is 1.63. The third-order valence-corrected chi connectivity index (χ3v) is 8.31. The summed E-state index contributed by atoms with van der Waals surface area (Å²) >= 11 is 8.38. The van der Waals surface area contributed by atoms with Crippen molar-refractivity contribution >= 4 is 62.8 Å².